The van der Waals surface area contributed by atoms with Gasteiger partial charge in [-0.2, -0.15) is 5.26 Å². The SMILES string of the molecule is CNC(C)(C#N)CN1CCS(=O)(=O)CC1. The summed E-state index contributed by atoms with van der Waals surface area (Å²) in [6.07, 6.45) is 0. The maximum Gasteiger partial charge on any atom is 0.152 e. The summed E-state index contributed by atoms with van der Waals surface area (Å²) >= 11 is 0. The molecule has 6 heteroatoms. The van der Waals surface area contributed by atoms with E-state index in [-0.39, 0.29) is 11.5 Å². The van der Waals surface area contributed by atoms with E-state index in [2.05, 4.69) is 11.4 Å². The molecule has 5 nitrogen and oxygen atoms in total. The van der Waals surface area contributed by atoms with Crippen molar-refractivity contribution in [3.63, 3.8) is 0 Å². The maximum atomic E-state index is 11.2. The van der Waals surface area contributed by atoms with Gasteiger partial charge in [-0.3, -0.25) is 4.90 Å². The second-order valence-electron chi connectivity index (χ2n) is 4.12. The number of hydrogen-bond donors (Lipinski definition) is 1. The smallest absolute Gasteiger partial charge is 0.152 e. The number of nitrogens with zero attached hydrogens (tertiary/aromatic N) is 2. The molecule has 0 spiro atoms. The highest BCUT2D eigenvalue weighted by molar-refractivity contribution is 7.91. The van der Waals surface area contributed by atoms with E-state index in [9.17, 15) is 8.42 Å². The van der Waals surface area contributed by atoms with Crippen LogP contribution in [0.3, 0.4) is 0 Å². The monoisotopic (exact) mass is 231 g/mol. The van der Waals surface area contributed by atoms with Crippen LogP contribution in [-0.4, -0.2) is 57.0 Å². The predicted molar refractivity (Wildman–Crippen MR) is 58.2 cm³/mol. The summed E-state index contributed by atoms with van der Waals surface area (Å²) in [5, 5.41) is 11.9. The summed E-state index contributed by atoms with van der Waals surface area (Å²) in [7, 11) is -1.09. The van der Waals surface area contributed by atoms with Crippen LogP contribution in [0.2, 0.25) is 0 Å². The van der Waals surface area contributed by atoms with Crippen molar-refractivity contribution in [3.05, 3.63) is 0 Å². The second kappa shape index (κ2) is 4.47. The molecule has 15 heavy (non-hydrogen) atoms. The van der Waals surface area contributed by atoms with Crippen LogP contribution in [0.4, 0.5) is 0 Å². The fourth-order valence-corrected chi connectivity index (χ4v) is 2.80. The molecule has 1 atom stereocenters. The second-order valence-corrected chi connectivity index (χ2v) is 6.43. The van der Waals surface area contributed by atoms with Gasteiger partial charge in [-0.05, 0) is 14.0 Å². The molecular formula is C9H17N3O2S. The van der Waals surface area contributed by atoms with Crippen LogP contribution in [0.25, 0.3) is 0 Å². The summed E-state index contributed by atoms with van der Waals surface area (Å²) in [6.45, 7) is 3.44. The van der Waals surface area contributed by atoms with Crippen molar-refractivity contribution in [2.24, 2.45) is 0 Å². The van der Waals surface area contributed by atoms with Gasteiger partial charge in [-0.25, -0.2) is 8.42 Å². The Balaban J connectivity index is 2.53. The molecule has 0 amide bonds. The third kappa shape index (κ3) is 3.45. The molecule has 1 aliphatic rings. The lowest BCUT2D eigenvalue weighted by molar-refractivity contribution is 0.241. The topological polar surface area (TPSA) is 73.2 Å². The van der Waals surface area contributed by atoms with Gasteiger partial charge in [-0.15, -0.1) is 0 Å². The Labute approximate surface area is 91.0 Å². The van der Waals surface area contributed by atoms with Crippen molar-refractivity contribution < 1.29 is 8.42 Å². The minimum absolute atomic E-state index is 0.207. The molecule has 1 fully saturated rings. The van der Waals surface area contributed by atoms with Crippen LogP contribution in [0.5, 0.6) is 0 Å². The van der Waals surface area contributed by atoms with Gasteiger partial charge in [0.1, 0.15) is 5.54 Å². The average molecular weight is 231 g/mol. The summed E-state index contributed by atoms with van der Waals surface area (Å²) < 4.78 is 22.4. The maximum absolute atomic E-state index is 11.2. The first-order valence-corrected chi connectivity index (χ1v) is 6.76. The molecule has 1 aliphatic heterocycles. The molecule has 0 aliphatic carbocycles. The Bertz CT molecular complexity index is 346. The van der Waals surface area contributed by atoms with Gasteiger partial charge in [0.15, 0.2) is 9.84 Å². The fraction of sp³-hybridized carbons (Fsp3) is 0.889. The predicted octanol–water partition coefficient (Wildman–Crippen LogP) is -0.782. The van der Waals surface area contributed by atoms with Crippen molar-refractivity contribution in [3.8, 4) is 6.07 Å². The Morgan fingerprint density at radius 2 is 2.00 bits per heavy atom. The fourth-order valence-electron chi connectivity index (χ4n) is 1.53. The van der Waals surface area contributed by atoms with E-state index in [0.29, 0.717) is 19.6 Å². The van der Waals surface area contributed by atoms with Gasteiger partial charge < -0.3 is 5.32 Å². The number of rotatable bonds is 3. The van der Waals surface area contributed by atoms with E-state index >= 15 is 0 Å². The standard InChI is InChI=1S/C9H17N3O2S/c1-9(7-10,11-2)8-12-3-5-15(13,14)6-4-12/h11H,3-6,8H2,1-2H3. The molecule has 0 aromatic heterocycles. The quantitative estimate of drug-likeness (QED) is 0.689. The van der Waals surface area contributed by atoms with Gasteiger partial charge in [0.25, 0.3) is 0 Å². The van der Waals surface area contributed by atoms with Crippen molar-refractivity contribution in [2.45, 2.75) is 12.5 Å². The van der Waals surface area contributed by atoms with E-state index in [4.69, 9.17) is 5.26 Å². The highest BCUT2D eigenvalue weighted by atomic mass is 32.2. The van der Waals surface area contributed by atoms with Gasteiger partial charge in [0.05, 0.1) is 17.6 Å². The van der Waals surface area contributed by atoms with Crippen LogP contribution in [-0.2, 0) is 9.84 Å². The van der Waals surface area contributed by atoms with Crippen molar-refractivity contribution in [1.29, 1.82) is 5.26 Å². The zero-order valence-corrected chi connectivity index (χ0v) is 9.97. The Morgan fingerprint density at radius 1 is 1.47 bits per heavy atom. The van der Waals surface area contributed by atoms with Crippen LogP contribution >= 0.6 is 0 Å². The molecule has 1 saturated heterocycles. The van der Waals surface area contributed by atoms with E-state index < -0.39 is 15.4 Å². The highest BCUT2D eigenvalue weighted by Crippen LogP contribution is 2.09. The molecule has 0 saturated carbocycles. The zero-order chi connectivity index (χ0) is 11.5. The van der Waals surface area contributed by atoms with E-state index in [0.717, 1.165) is 0 Å². The molecule has 0 radical (unpaired) electrons. The van der Waals surface area contributed by atoms with Gasteiger partial charge in [-0.1, -0.05) is 0 Å². The van der Waals surface area contributed by atoms with Gasteiger partial charge in [0, 0.05) is 19.6 Å². The van der Waals surface area contributed by atoms with Crippen molar-refractivity contribution in [1.82, 2.24) is 10.2 Å². The molecule has 86 valence electrons. The minimum Gasteiger partial charge on any atom is -0.302 e. The lowest BCUT2D eigenvalue weighted by Crippen LogP contribution is -2.52. The molecule has 0 aromatic rings. The molecule has 1 N–H and O–H groups in total. The summed E-state index contributed by atoms with van der Waals surface area (Å²) in [4.78, 5) is 2.01. The number of hydrogen-bond acceptors (Lipinski definition) is 5. The minimum atomic E-state index is -2.83. The Hall–Kier alpha value is -0.640. The van der Waals surface area contributed by atoms with Crippen LogP contribution in [0.15, 0.2) is 0 Å². The van der Waals surface area contributed by atoms with E-state index in [1.807, 2.05) is 11.8 Å². The van der Waals surface area contributed by atoms with Crippen molar-refractivity contribution >= 4 is 9.84 Å². The molecule has 1 heterocycles. The molecule has 0 aromatic carbocycles. The first-order chi connectivity index (χ1) is 6.91. The van der Waals surface area contributed by atoms with Gasteiger partial charge >= 0.3 is 0 Å². The van der Waals surface area contributed by atoms with Crippen molar-refractivity contribution in [2.75, 3.05) is 38.2 Å². The van der Waals surface area contributed by atoms with Crippen LogP contribution < -0.4 is 5.32 Å². The number of nitriles is 1. The third-order valence-corrected chi connectivity index (χ3v) is 4.38. The molecular weight excluding hydrogens is 214 g/mol. The zero-order valence-electron chi connectivity index (χ0n) is 9.15. The number of sulfone groups is 1. The van der Waals surface area contributed by atoms with Gasteiger partial charge in [0.2, 0.25) is 0 Å². The molecule has 1 rings (SSSR count). The first-order valence-electron chi connectivity index (χ1n) is 4.94. The summed E-state index contributed by atoms with van der Waals surface area (Å²) in [6, 6.07) is 2.19. The third-order valence-electron chi connectivity index (χ3n) is 2.78. The lowest BCUT2D eigenvalue weighted by Gasteiger charge is -2.32. The summed E-state index contributed by atoms with van der Waals surface area (Å²) in [5.74, 6) is 0.413. The first kappa shape index (κ1) is 12.4. The number of nitrogens with one attached hydrogen (secondary N) is 1. The molecule has 1 unspecified atom stereocenters. The highest BCUT2D eigenvalue weighted by Gasteiger charge is 2.28. The van der Waals surface area contributed by atoms with Crippen LogP contribution in [0.1, 0.15) is 6.92 Å². The Kier molecular flexibility index (Phi) is 3.71. The lowest BCUT2D eigenvalue weighted by atomic mass is 10.0. The average Bonchev–Trinajstić information content (AvgIpc) is 2.21. The largest absolute Gasteiger partial charge is 0.302 e. The van der Waals surface area contributed by atoms with E-state index in [1.165, 1.54) is 0 Å². The van der Waals surface area contributed by atoms with E-state index in [1.54, 1.807) is 7.05 Å². The normalized spacial score (nSPS) is 25.4. The number of likely N-dealkylation sites (N-methyl/N-ethyl adjacent to an activating group) is 1. The van der Waals surface area contributed by atoms with Crippen LogP contribution in [0, 0.1) is 11.3 Å². The Morgan fingerprint density at radius 3 is 2.40 bits per heavy atom. The molecule has 0 bridgehead atoms. The summed E-state index contributed by atoms with van der Waals surface area (Å²) in [5.41, 5.74) is -0.596.